The van der Waals surface area contributed by atoms with Crippen molar-refractivity contribution in [1.29, 1.82) is 0 Å². The van der Waals surface area contributed by atoms with Crippen LogP contribution in [-0.2, 0) is 14.8 Å². The highest BCUT2D eigenvalue weighted by molar-refractivity contribution is 7.90. The Balaban J connectivity index is 1.78. The summed E-state index contributed by atoms with van der Waals surface area (Å²) < 4.78 is 28.0. The predicted octanol–water partition coefficient (Wildman–Crippen LogP) is 0.963. The van der Waals surface area contributed by atoms with Crippen LogP contribution in [0.2, 0.25) is 0 Å². The lowest BCUT2D eigenvalue weighted by molar-refractivity contribution is -0.121. The van der Waals surface area contributed by atoms with Gasteiger partial charge in [-0.05, 0) is 31.5 Å². The molecule has 2 N–H and O–H groups in total. The molecule has 25 heavy (non-hydrogen) atoms. The van der Waals surface area contributed by atoms with Gasteiger partial charge in [0.25, 0.3) is 10.0 Å². The number of nitrogens with one attached hydrogen (secondary N) is 2. The van der Waals surface area contributed by atoms with Crippen molar-refractivity contribution in [2.24, 2.45) is 4.40 Å². The van der Waals surface area contributed by atoms with E-state index in [0.29, 0.717) is 37.3 Å². The van der Waals surface area contributed by atoms with Crippen LogP contribution in [-0.4, -0.2) is 58.3 Å². The molecule has 1 aliphatic rings. The van der Waals surface area contributed by atoms with Crippen molar-refractivity contribution in [3.8, 4) is 0 Å². The van der Waals surface area contributed by atoms with E-state index in [4.69, 9.17) is 0 Å². The first-order valence-corrected chi connectivity index (χ1v) is 10.0. The molecule has 0 saturated heterocycles. The first kappa shape index (κ1) is 19.4. The standard InChI is InChI=1S/C17H26N4O3S/c1-3-10-18-11-12-19-16(22)9-6-13-21(2)17-14-7-4-5-8-15(14)25(23,24)20-17/h4-5,7-8,18H,3,6,9-13H2,1-2H3,(H,19,22). The van der Waals surface area contributed by atoms with Gasteiger partial charge in [0.2, 0.25) is 5.91 Å². The number of fused-ring (bicyclic) bond motifs is 1. The second-order valence-electron chi connectivity index (χ2n) is 6.01. The summed E-state index contributed by atoms with van der Waals surface area (Å²) in [6.07, 6.45) is 2.11. The highest BCUT2D eigenvalue weighted by Gasteiger charge is 2.30. The number of hydrogen-bond acceptors (Lipinski definition) is 5. The summed E-state index contributed by atoms with van der Waals surface area (Å²) in [5, 5.41) is 6.09. The minimum Gasteiger partial charge on any atom is -0.358 e. The summed E-state index contributed by atoms with van der Waals surface area (Å²) in [7, 11) is -1.81. The van der Waals surface area contributed by atoms with Crippen molar-refractivity contribution in [2.45, 2.75) is 31.1 Å². The van der Waals surface area contributed by atoms with Crippen LogP contribution in [0.25, 0.3) is 0 Å². The molecule has 0 aromatic heterocycles. The van der Waals surface area contributed by atoms with Crippen LogP contribution >= 0.6 is 0 Å². The Labute approximate surface area is 149 Å². The van der Waals surface area contributed by atoms with E-state index in [1.54, 1.807) is 36.2 Å². The van der Waals surface area contributed by atoms with Crippen molar-refractivity contribution in [3.63, 3.8) is 0 Å². The molecule has 0 aliphatic carbocycles. The third kappa shape index (κ3) is 5.27. The quantitative estimate of drug-likeness (QED) is 0.636. The van der Waals surface area contributed by atoms with Crippen LogP contribution in [0.5, 0.6) is 0 Å². The van der Waals surface area contributed by atoms with Gasteiger partial charge in [-0.3, -0.25) is 4.79 Å². The molecule has 7 nitrogen and oxygen atoms in total. The molecule has 1 heterocycles. The second kappa shape index (κ2) is 8.96. The lowest BCUT2D eigenvalue weighted by atomic mass is 10.2. The van der Waals surface area contributed by atoms with Crippen molar-refractivity contribution >= 4 is 21.8 Å². The van der Waals surface area contributed by atoms with Gasteiger partial charge >= 0.3 is 0 Å². The minimum atomic E-state index is -3.60. The highest BCUT2D eigenvalue weighted by Crippen LogP contribution is 2.26. The molecule has 0 spiro atoms. The molecule has 138 valence electrons. The fourth-order valence-electron chi connectivity index (χ4n) is 2.63. The van der Waals surface area contributed by atoms with Crippen LogP contribution < -0.4 is 10.6 Å². The Morgan fingerprint density at radius 2 is 1.96 bits per heavy atom. The molecule has 0 bridgehead atoms. The van der Waals surface area contributed by atoms with Crippen molar-refractivity contribution in [2.75, 3.05) is 33.2 Å². The Kier molecular flexibility index (Phi) is 6.95. The van der Waals surface area contributed by atoms with Crippen LogP contribution in [0, 0.1) is 0 Å². The maximum absolute atomic E-state index is 12.1. The Morgan fingerprint density at radius 3 is 2.72 bits per heavy atom. The molecule has 0 radical (unpaired) electrons. The summed E-state index contributed by atoms with van der Waals surface area (Å²) in [6.45, 7) is 5.00. The van der Waals surface area contributed by atoms with Gasteiger partial charge in [0, 0.05) is 38.7 Å². The van der Waals surface area contributed by atoms with E-state index in [1.807, 2.05) is 0 Å². The first-order chi connectivity index (χ1) is 12.0. The maximum Gasteiger partial charge on any atom is 0.285 e. The number of hydrogen-bond donors (Lipinski definition) is 2. The van der Waals surface area contributed by atoms with E-state index in [-0.39, 0.29) is 10.8 Å². The molecular formula is C17H26N4O3S. The summed E-state index contributed by atoms with van der Waals surface area (Å²) in [5.74, 6) is 0.452. The van der Waals surface area contributed by atoms with Gasteiger partial charge in [0.15, 0.2) is 0 Å². The van der Waals surface area contributed by atoms with E-state index in [9.17, 15) is 13.2 Å². The number of nitrogens with zero attached hydrogens (tertiary/aromatic N) is 2. The number of carbonyl (C=O) groups excluding carboxylic acids is 1. The zero-order valence-electron chi connectivity index (χ0n) is 14.8. The van der Waals surface area contributed by atoms with Crippen LogP contribution in [0.4, 0.5) is 0 Å². The van der Waals surface area contributed by atoms with E-state index in [0.717, 1.165) is 19.5 Å². The topological polar surface area (TPSA) is 90.9 Å². The van der Waals surface area contributed by atoms with Gasteiger partial charge in [-0.15, -0.1) is 4.40 Å². The van der Waals surface area contributed by atoms with Gasteiger partial charge < -0.3 is 15.5 Å². The zero-order valence-corrected chi connectivity index (χ0v) is 15.6. The first-order valence-electron chi connectivity index (χ1n) is 8.58. The van der Waals surface area contributed by atoms with Crippen molar-refractivity contribution < 1.29 is 13.2 Å². The zero-order chi connectivity index (χ0) is 18.3. The summed E-state index contributed by atoms with van der Waals surface area (Å²) >= 11 is 0. The summed E-state index contributed by atoms with van der Waals surface area (Å²) in [6, 6.07) is 6.80. The lowest BCUT2D eigenvalue weighted by Crippen LogP contribution is -2.33. The Bertz CT molecular complexity index is 731. The predicted molar refractivity (Wildman–Crippen MR) is 98.2 cm³/mol. The third-order valence-electron chi connectivity index (χ3n) is 3.92. The number of amidine groups is 1. The number of benzene rings is 1. The second-order valence-corrected chi connectivity index (χ2v) is 7.58. The van der Waals surface area contributed by atoms with Crippen LogP contribution in [0.3, 0.4) is 0 Å². The Hall–Kier alpha value is -1.93. The Morgan fingerprint density at radius 1 is 1.20 bits per heavy atom. The number of carbonyl (C=O) groups is 1. The largest absolute Gasteiger partial charge is 0.358 e. The van der Waals surface area contributed by atoms with E-state index in [1.165, 1.54) is 0 Å². The number of amides is 1. The van der Waals surface area contributed by atoms with Crippen molar-refractivity contribution in [1.82, 2.24) is 15.5 Å². The third-order valence-corrected chi connectivity index (χ3v) is 5.25. The molecule has 1 amide bonds. The fraction of sp³-hybridized carbons (Fsp3) is 0.529. The lowest BCUT2D eigenvalue weighted by Gasteiger charge is -2.18. The molecular weight excluding hydrogens is 340 g/mol. The van der Waals surface area contributed by atoms with Gasteiger partial charge in [0.05, 0.1) is 0 Å². The molecule has 0 unspecified atom stereocenters. The van der Waals surface area contributed by atoms with Gasteiger partial charge in [-0.1, -0.05) is 19.1 Å². The average Bonchev–Trinajstić information content (AvgIpc) is 2.86. The van der Waals surface area contributed by atoms with Crippen LogP contribution in [0.15, 0.2) is 33.6 Å². The molecule has 2 rings (SSSR count). The molecule has 0 fully saturated rings. The monoisotopic (exact) mass is 366 g/mol. The van der Waals surface area contributed by atoms with Gasteiger partial charge in [-0.2, -0.15) is 8.42 Å². The van der Waals surface area contributed by atoms with Gasteiger partial charge in [0.1, 0.15) is 10.7 Å². The number of sulfonamides is 1. The minimum absolute atomic E-state index is 0.00748. The molecule has 1 aliphatic heterocycles. The highest BCUT2D eigenvalue weighted by atomic mass is 32.2. The average molecular weight is 366 g/mol. The summed E-state index contributed by atoms with van der Waals surface area (Å²) in [4.78, 5) is 13.8. The number of rotatable bonds is 9. The molecule has 0 saturated carbocycles. The van der Waals surface area contributed by atoms with Crippen LogP contribution in [0.1, 0.15) is 31.7 Å². The molecule has 0 atom stereocenters. The van der Waals surface area contributed by atoms with E-state index < -0.39 is 10.0 Å². The van der Waals surface area contributed by atoms with Crippen molar-refractivity contribution in [3.05, 3.63) is 29.8 Å². The summed E-state index contributed by atoms with van der Waals surface area (Å²) in [5.41, 5.74) is 0.622. The molecule has 1 aromatic carbocycles. The normalized spacial score (nSPS) is 14.7. The van der Waals surface area contributed by atoms with E-state index in [2.05, 4.69) is 22.0 Å². The molecule has 1 aromatic rings. The fourth-order valence-corrected chi connectivity index (χ4v) is 3.88. The van der Waals surface area contributed by atoms with Gasteiger partial charge in [-0.25, -0.2) is 0 Å². The smallest absolute Gasteiger partial charge is 0.285 e. The SMILES string of the molecule is CCCNCCNC(=O)CCCN(C)C1=NS(=O)(=O)c2ccccc21. The van der Waals surface area contributed by atoms with E-state index >= 15 is 0 Å². The molecule has 8 heteroatoms. The maximum atomic E-state index is 12.1.